The SMILES string of the molecule is COc1ccc([C@H]2CN(S(=O)(=O)c3cccc(C(F)(F)F)c3)CCN2C)cc1. The molecule has 0 N–H and O–H groups in total. The van der Waals surface area contributed by atoms with Crippen LogP contribution in [-0.2, 0) is 16.2 Å². The maximum Gasteiger partial charge on any atom is 0.416 e. The van der Waals surface area contributed by atoms with E-state index < -0.39 is 21.8 Å². The van der Waals surface area contributed by atoms with Gasteiger partial charge < -0.3 is 4.74 Å². The van der Waals surface area contributed by atoms with E-state index in [9.17, 15) is 21.6 Å². The second-order valence-corrected chi connectivity index (χ2v) is 8.60. The van der Waals surface area contributed by atoms with E-state index in [1.807, 2.05) is 24.1 Å². The molecule has 28 heavy (non-hydrogen) atoms. The maximum atomic E-state index is 13.0. The highest BCUT2D eigenvalue weighted by molar-refractivity contribution is 7.89. The van der Waals surface area contributed by atoms with Gasteiger partial charge in [0.25, 0.3) is 0 Å². The molecule has 2 aromatic rings. The second kappa shape index (κ2) is 7.73. The highest BCUT2D eigenvalue weighted by atomic mass is 32.2. The van der Waals surface area contributed by atoms with Crippen LogP contribution in [0.2, 0.25) is 0 Å². The number of alkyl halides is 3. The average molecular weight is 414 g/mol. The molecule has 5 nitrogen and oxygen atoms in total. The number of likely N-dealkylation sites (N-methyl/N-ethyl adjacent to an activating group) is 1. The Morgan fingerprint density at radius 1 is 1.07 bits per heavy atom. The van der Waals surface area contributed by atoms with Crippen molar-refractivity contribution in [3.8, 4) is 5.75 Å². The third kappa shape index (κ3) is 4.16. The number of sulfonamides is 1. The molecule has 0 aromatic heterocycles. The van der Waals surface area contributed by atoms with Gasteiger partial charge in [-0.1, -0.05) is 18.2 Å². The summed E-state index contributed by atoms with van der Waals surface area (Å²) in [7, 11) is -0.587. The molecule has 1 saturated heterocycles. The summed E-state index contributed by atoms with van der Waals surface area (Å²) >= 11 is 0. The van der Waals surface area contributed by atoms with Crippen LogP contribution in [0.4, 0.5) is 13.2 Å². The zero-order chi connectivity index (χ0) is 20.5. The van der Waals surface area contributed by atoms with Crippen LogP contribution in [-0.4, -0.2) is 51.4 Å². The predicted molar refractivity (Wildman–Crippen MR) is 98.6 cm³/mol. The van der Waals surface area contributed by atoms with Gasteiger partial charge in [-0.15, -0.1) is 0 Å². The van der Waals surface area contributed by atoms with Gasteiger partial charge >= 0.3 is 6.18 Å². The number of methoxy groups -OCH3 is 1. The Bertz CT molecular complexity index is 930. The van der Waals surface area contributed by atoms with Gasteiger partial charge in [0, 0.05) is 25.7 Å². The summed E-state index contributed by atoms with van der Waals surface area (Å²) in [5.41, 5.74) is -0.0679. The Morgan fingerprint density at radius 3 is 2.36 bits per heavy atom. The van der Waals surface area contributed by atoms with Gasteiger partial charge in [0.15, 0.2) is 0 Å². The number of piperazine rings is 1. The Kier molecular flexibility index (Phi) is 5.69. The van der Waals surface area contributed by atoms with Crippen LogP contribution in [0.1, 0.15) is 17.2 Å². The first kappa shape index (κ1) is 20.6. The monoisotopic (exact) mass is 414 g/mol. The van der Waals surface area contributed by atoms with Gasteiger partial charge in [0.05, 0.1) is 17.6 Å². The molecule has 0 bridgehead atoms. The fourth-order valence-corrected chi connectivity index (χ4v) is 4.72. The molecule has 1 aliphatic rings. The lowest BCUT2D eigenvalue weighted by atomic mass is 10.0. The van der Waals surface area contributed by atoms with Crippen LogP contribution in [0, 0.1) is 0 Å². The van der Waals surface area contributed by atoms with Crippen molar-refractivity contribution in [3.63, 3.8) is 0 Å². The first-order valence-electron chi connectivity index (χ1n) is 8.64. The number of hydrogen-bond acceptors (Lipinski definition) is 4. The lowest BCUT2D eigenvalue weighted by Crippen LogP contribution is -2.48. The summed E-state index contributed by atoms with van der Waals surface area (Å²) in [5.74, 6) is 0.690. The molecule has 9 heteroatoms. The number of benzene rings is 2. The first-order chi connectivity index (χ1) is 13.1. The summed E-state index contributed by atoms with van der Waals surface area (Å²) in [6, 6.07) is 11.0. The van der Waals surface area contributed by atoms with E-state index in [0.717, 1.165) is 17.7 Å². The molecule has 0 aliphatic carbocycles. The van der Waals surface area contributed by atoms with Gasteiger partial charge in [-0.05, 0) is 42.9 Å². The van der Waals surface area contributed by atoms with Crippen molar-refractivity contribution in [3.05, 3.63) is 59.7 Å². The molecule has 3 rings (SSSR count). The van der Waals surface area contributed by atoms with Crippen LogP contribution in [0.3, 0.4) is 0 Å². The second-order valence-electron chi connectivity index (χ2n) is 6.66. The van der Waals surface area contributed by atoms with Crippen molar-refractivity contribution in [2.75, 3.05) is 33.8 Å². The smallest absolute Gasteiger partial charge is 0.416 e. The minimum absolute atomic E-state index is 0.154. The molecular formula is C19H21F3N2O3S. The minimum atomic E-state index is -4.60. The van der Waals surface area contributed by atoms with Crippen LogP contribution in [0.5, 0.6) is 5.75 Å². The minimum Gasteiger partial charge on any atom is -0.497 e. The third-order valence-electron chi connectivity index (χ3n) is 4.91. The number of hydrogen-bond donors (Lipinski definition) is 0. The van der Waals surface area contributed by atoms with E-state index in [4.69, 9.17) is 4.74 Å². The quantitative estimate of drug-likeness (QED) is 0.770. The fourth-order valence-electron chi connectivity index (χ4n) is 3.23. The van der Waals surface area contributed by atoms with E-state index in [2.05, 4.69) is 0 Å². The lowest BCUT2D eigenvalue weighted by molar-refractivity contribution is -0.137. The zero-order valence-electron chi connectivity index (χ0n) is 15.5. The van der Waals surface area contributed by atoms with Crippen LogP contribution in [0.25, 0.3) is 0 Å². The van der Waals surface area contributed by atoms with E-state index >= 15 is 0 Å². The molecule has 152 valence electrons. The van der Waals surface area contributed by atoms with E-state index in [1.54, 1.807) is 19.2 Å². The summed E-state index contributed by atoms with van der Waals surface area (Å²) < 4.78 is 71.2. The van der Waals surface area contributed by atoms with Crippen molar-refractivity contribution in [2.45, 2.75) is 17.1 Å². The molecule has 0 spiro atoms. The van der Waals surface area contributed by atoms with Crippen molar-refractivity contribution in [1.29, 1.82) is 0 Å². The number of halogens is 3. The molecule has 1 fully saturated rings. The third-order valence-corrected chi connectivity index (χ3v) is 6.77. The lowest BCUT2D eigenvalue weighted by Gasteiger charge is -2.39. The summed E-state index contributed by atoms with van der Waals surface area (Å²) in [4.78, 5) is 1.68. The van der Waals surface area contributed by atoms with Crippen molar-refractivity contribution in [1.82, 2.24) is 9.21 Å². The summed E-state index contributed by atoms with van der Waals surface area (Å²) in [6.07, 6.45) is -4.60. The number of nitrogens with zero attached hydrogens (tertiary/aromatic N) is 2. The van der Waals surface area contributed by atoms with Crippen LogP contribution in [0.15, 0.2) is 53.4 Å². The van der Waals surface area contributed by atoms with Crippen molar-refractivity contribution < 1.29 is 26.3 Å². The average Bonchev–Trinajstić information content (AvgIpc) is 2.68. The maximum absolute atomic E-state index is 13.0. The standard InChI is InChI=1S/C19H21F3N2O3S/c1-23-10-11-24(13-18(23)14-6-8-16(27-2)9-7-14)28(25,26)17-5-3-4-15(12-17)19(20,21)22/h3-9,12,18H,10-11,13H2,1-2H3/t18-/m1/s1. The molecule has 2 aromatic carbocycles. The molecular weight excluding hydrogens is 393 g/mol. The number of ether oxygens (including phenoxy) is 1. The van der Waals surface area contributed by atoms with Crippen LogP contribution < -0.4 is 4.74 Å². The summed E-state index contributed by atoms with van der Waals surface area (Å²) in [6.45, 7) is 0.831. The Morgan fingerprint density at radius 2 is 1.75 bits per heavy atom. The highest BCUT2D eigenvalue weighted by Gasteiger charge is 2.36. The van der Waals surface area contributed by atoms with E-state index in [0.29, 0.717) is 18.4 Å². The fraction of sp³-hybridized carbons (Fsp3) is 0.368. The van der Waals surface area contributed by atoms with Gasteiger partial charge in [0.2, 0.25) is 10.0 Å². The first-order valence-corrected chi connectivity index (χ1v) is 10.1. The van der Waals surface area contributed by atoms with Crippen LogP contribution >= 0.6 is 0 Å². The molecule has 0 unspecified atom stereocenters. The van der Waals surface area contributed by atoms with Gasteiger partial charge in [-0.25, -0.2) is 8.42 Å². The zero-order valence-corrected chi connectivity index (χ0v) is 16.3. The Labute approximate surface area is 162 Å². The van der Waals surface area contributed by atoms with Gasteiger partial charge in [-0.3, -0.25) is 4.90 Å². The summed E-state index contributed by atoms with van der Waals surface area (Å²) in [5, 5.41) is 0. The van der Waals surface area contributed by atoms with Crippen molar-refractivity contribution in [2.24, 2.45) is 0 Å². The van der Waals surface area contributed by atoms with Crippen molar-refractivity contribution >= 4 is 10.0 Å². The van der Waals surface area contributed by atoms with E-state index in [-0.39, 0.29) is 24.0 Å². The molecule has 1 heterocycles. The topological polar surface area (TPSA) is 49.9 Å². The Hall–Kier alpha value is -2.10. The van der Waals surface area contributed by atoms with Gasteiger partial charge in [-0.2, -0.15) is 17.5 Å². The molecule has 1 aliphatic heterocycles. The normalized spacial score (nSPS) is 19.5. The number of rotatable bonds is 4. The predicted octanol–water partition coefficient (Wildman–Crippen LogP) is 3.39. The molecule has 1 atom stereocenters. The largest absolute Gasteiger partial charge is 0.497 e. The Balaban J connectivity index is 1.88. The molecule has 0 radical (unpaired) electrons. The molecule has 0 saturated carbocycles. The van der Waals surface area contributed by atoms with Gasteiger partial charge in [0.1, 0.15) is 5.75 Å². The highest BCUT2D eigenvalue weighted by Crippen LogP contribution is 2.33. The molecule has 0 amide bonds. The van der Waals surface area contributed by atoms with E-state index in [1.165, 1.54) is 10.4 Å².